The minimum absolute atomic E-state index is 0.244. The van der Waals surface area contributed by atoms with E-state index in [-0.39, 0.29) is 5.69 Å². The second-order valence-electron chi connectivity index (χ2n) is 2.98. The maximum absolute atomic E-state index is 11.8. The Labute approximate surface area is 87.9 Å². The van der Waals surface area contributed by atoms with Gasteiger partial charge in [-0.05, 0) is 6.07 Å². The van der Waals surface area contributed by atoms with Crippen molar-refractivity contribution in [3.05, 3.63) is 28.2 Å². The lowest BCUT2D eigenvalue weighted by atomic mass is 10.3. The maximum Gasteiger partial charge on any atom is 0.405 e. The van der Waals surface area contributed by atoms with Crippen LogP contribution in [0.5, 0.6) is 0 Å². The molecule has 1 N–H and O–H groups in total. The smallest absolute Gasteiger partial charge is 0.342 e. The zero-order valence-corrected chi connectivity index (χ0v) is 8.21. The van der Waals surface area contributed by atoms with Crippen LogP contribution in [0.2, 0.25) is 0 Å². The van der Waals surface area contributed by atoms with E-state index in [0.717, 1.165) is 16.8 Å². The van der Waals surface area contributed by atoms with Crippen LogP contribution >= 0.6 is 0 Å². The number of amides is 1. The van der Waals surface area contributed by atoms with Gasteiger partial charge in [-0.2, -0.15) is 18.3 Å². The lowest BCUT2D eigenvalue weighted by Gasteiger charge is -2.07. The number of carbonyl (C=O) groups excluding carboxylic acids is 1. The van der Waals surface area contributed by atoms with Crippen LogP contribution in [0.15, 0.2) is 16.9 Å². The van der Waals surface area contributed by atoms with Crippen molar-refractivity contribution in [1.29, 1.82) is 0 Å². The molecule has 1 rings (SSSR count). The summed E-state index contributed by atoms with van der Waals surface area (Å²) in [5.41, 5.74) is -0.696. The molecule has 0 bridgehead atoms. The highest BCUT2D eigenvalue weighted by molar-refractivity contribution is 5.91. The predicted octanol–water partition coefficient (Wildman–Crippen LogP) is 0.0724. The molecule has 1 amide bonds. The Morgan fingerprint density at radius 2 is 2.12 bits per heavy atom. The summed E-state index contributed by atoms with van der Waals surface area (Å²) >= 11 is 0. The molecular weight excluding hydrogens is 227 g/mol. The summed E-state index contributed by atoms with van der Waals surface area (Å²) in [6, 6.07) is 2.11. The number of aryl methyl sites for hydroxylation is 1. The largest absolute Gasteiger partial charge is 0.405 e. The third-order valence-corrected chi connectivity index (χ3v) is 1.64. The number of hydrogen-bond donors (Lipinski definition) is 1. The highest BCUT2D eigenvalue weighted by Gasteiger charge is 2.28. The summed E-state index contributed by atoms with van der Waals surface area (Å²) in [7, 11) is 1.29. The van der Waals surface area contributed by atoms with Crippen LogP contribution in [0.4, 0.5) is 13.2 Å². The number of aromatic nitrogens is 2. The molecule has 0 radical (unpaired) electrons. The van der Waals surface area contributed by atoms with Gasteiger partial charge in [-0.3, -0.25) is 9.59 Å². The molecule has 8 heteroatoms. The number of nitrogens with zero attached hydrogens (tertiary/aromatic N) is 2. The first-order chi connectivity index (χ1) is 7.29. The van der Waals surface area contributed by atoms with Gasteiger partial charge >= 0.3 is 6.18 Å². The Balaban J connectivity index is 2.74. The number of carbonyl (C=O) groups is 1. The summed E-state index contributed by atoms with van der Waals surface area (Å²) in [5, 5.41) is 5.14. The lowest BCUT2D eigenvalue weighted by Crippen LogP contribution is -2.35. The van der Waals surface area contributed by atoms with Crippen LogP contribution in [-0.2, 0) is 7.05 Å². The van der Waals surface area contributed by atoms with Gasteiger partial charge in [0.2, 0.25) is 0 Å². The molecule has 1 aromatic rings. The van der Waals surface area contributed by atoms with E-state index in [1.807, 2.05) is 0 Å². The first-order valence-electron chi connectivity index (χ1n) is 4.19. The van der Waals surface area contributed by atoms with Gasteiger partial charge < -0.3 is 5.32 Å². The SMILES string of the molecule is Cn1nc(C(=O)NCC(F)(F)F)ccc1=O. The Bertz CT molecular complexity index is 453. The van der Waals surface area contributed by atoms with E-state index in [1.54, 1.807) is 5.32 Å². The summed E-state index contributed by atoms with van der Waals surface area (Å²) < 4.78 is 36.2. The molecule has 1 aromatic heterocycles. The van der Waals surface area contributed by atoms with E-state index in [2.05, 4.69) is 5.10 Å². The molecule has 16 heavy (non-hydrogen) atoms. The number of nitrogens with one attached hydrogen (secondary N) is 1. The van der Waals surface area contributed by atoms with Gasteiger partial charge in [0.25, 0.3) is 11.5 Å². The molecule has 0 saturated carbocycles. The zero-order valence-electron chi connectivity index (χ0n) is 8.21. The van der Waals surface area contributed by atoms with E-state index in [4.69, 9.17) is 0 Å². The minimum Gasteiger partial charge on any atom is -0.342 e. The van der Waals surface area contributed by atoms with Crippen LogP contribution in [-0.4, -0.2) is 28.4 Å². The van der Waals surface area contributed by atoms with Crippen molar-refractivity contribution in [2.75, 3.05) is 6.54 Å². The molecule has 0 fully saturated rings. The molecule has 0 unspecified atom stereocenters. The van der Waals surface area contributed by atoms with Gasteiger partial charge in [-0.15, -0.1) is 0 Å². The van der Waals surface area contributed by atoms with Crippen LogP contribution in [0.1, 0.15) is 10.5 Å². The maximum atomic E-state index is 11.8. The Morgan fingerprint density at radius 3 is 2.62 bits per heavy atom. The van der Waals surface area contributed by atoms with Crippen LogP contribution < -0.4 is 10.9 Å². The summed E-state index contributed by atoms with van der Waals surface area (Å²) in [4.78, 5) is 22.1. The Hall–Kier alpha value is -1.86. The summed E-state index contributed by atoms with van der Waals surface area (Å²) in [5.74, 6) is -0.979. The van der Waals surface area contributed by atoms with Crippen molar-refractivity contribution in [2.45, 2.75) is 6.18 Å². The zero-order chi connectivity index (χ0) is 12.3. The molecule has 0 spiro atoms. The topological polar surface area (TPSA) is 64.0 Å². The monoisotopic (exact) mass is 235 g/mol. The molecule has 0 aromatic carbocycles. The second-order valence-corrected chi connectivity index (χ2v) is 2.98. The van der Waals surface area contributed by atoms with Crippen LogP contribution in [0.3, 0.4) is 0 Å². The van der Waals surface area contributed by atoms with E-state index in [1.165, 1.54) is 7.05 Å². The van der Waals surface area contributed by atoms with Crippen molar-refractivity contribution in [3.63, 3.8) is 0 Å². The number of halogens is 3. The van der Waals surface area contributed by atoms with Gasteiger partial charge in [0.05, 0.1) is 0 Å². The van der Waals surface area contributed by atoms with Gasteiger partial charge in [0, 0.05) is 13.1 Å². The average molecular weight is 235 g/mol. The fourth-order valence-corrected chi connectivity index (χ4v) is 0.894. The molecule has 5 nitrogen and oxygen atoms in total. The Morgan fingerprint density at radius 1 is 1.50 bits per heavy atom. The normalized spacial score (nSPS) is 11.2. The first-order valence-corrected chi connectivity index (χ1v) is 4.19. The highest BCUT2D eigenvalue weighted by atomic mass is 19.4. The third-order valence-electron chi connectivity index (χ3n) is 1.64. The van der Waals surface area contributed by atoms with Gasteiger partial charge in [0.1, 0.15) is 12.2 Å². The van der Waals surface area contributed by atoms with Crippen molar-refractivity contribution in [2.24, 2.45) is 7.05 Å². The lowest BCUT2D eigenvalue weighted by molar-refractivity contribution is -0.123. The average Bonchev–Trinajstić information content (AvgIpc) is 2.17. The molecular formula is C8H8F3N3O2. The third kappa shape index (κ3) is 3.37. The van der Waals surface area contributed by atoms with Gasteiger partial charge in [-0.25, -0.2) is 4.68 Å². The quantitative estimate of drug-likeness (QED) is 0.789. The van der Waals surface area contributed by atoms with Crippen LogP contribution in [0, 0.1) is 0 Å². The minimum atomic E-state index is -4.48. The van der Waals surface area contributed by atoms with Crippen molar-refractivity contribution >= 4 is 5.91 Å². The fraction of sp³-hybridized carbons (Fsp3) is 0.375. The second kappa shape index (κ2) is 4.33. The predicted molar refractivity (Wildman–Crippen MR) is 47.9 cm³/mol. The Kier molecular flexibility index (Phi) is 3.31. The summed E-state index contributed by atoms with van der Waals surface area (Å²) in [6.45, 7) is -1.43. The number of alkyl halides is 3. The molecule has 0 aliphatic heterocycles. The van der Waals surface area contributed by atoms with Crippen LogP contribution in [0.25, 0.3) is 0 Å². The van der Waals surface area contributed by atoms with Crippen molar-refractivity contribution < 1.29 is 18.0 Å². The molecule has 0 aliphatic rings. The number of rotatable bonds is 2. The summed E-state index contributed by atoms with van der Waals surface area (Å²) in [6.07, 6.45) is -4.48. The van der Waals surface area contributed by atoms with Crippen molar-refractivity contribution in [3.8, 4) is 0 Å². The van der Waals surface area contributed by atoms with E-state index in [0.29, 0.717) is 0 Å². The van der Waals surface area contributed by atoms with E-state index < -0.39 is 24.2 Å². The fourth-order valence-electron chi connectivity index (χ4n) is 0.894. The van der Waals surface area contributed by atoms with Gasteiger partial charge in [-0.1, -0.05) is 0 Å². The standard InChI is InChI=1S/C8H8F3N3O2/c1-14-6(15)3-2-5(13-14)7(16)12-4-8(9,10)11/h2-3H,4H2,1H3,(H,12,16). The molecule has 88 valence electrons. The molecule has 0 saturated heterocycles. The first kappa shape index (κ1) is 12.2. The molecule has 1 heterocycles. The molecule has 0 atom stereocenters. The van der Waals surface area contributed by atoms with E-state index >= 15 is 0 Å². The van der Waals surface area contributed by atoms with E-state index in [9.17, 15) is 22.8 Å². The van der Waals surface area contributed by atoms with Gasteiger partial charge in [0.15, 0.2) is 0 Å². The van der Waals surface area contributed by atoms with Crippen molar-refractivity contribution in [1.82, 2.24) is 15.1 Å². The highest BCUT2D eigenvalue weighted by Crippen LogP contribution is 2.12. The number of hydrogen-bond acceptors (Lipinski definition) is 3. The molecule has 0 aliphatic carbocycles.